The Bertz CT molecular complexity index is 1100. The Morgan fingerprint density at radius 1 is 1.23 bits per heavy atom. The molecule has 0 spiro atoms. The minimum absolute atomic E-state index is 0.168. The second-order valence-electron chi connectivity index (χ2n) is 7.39. The van der Waals surface area contributed by atoms with Gasteiger partial charge in [-0.15, -0.1) is 0 Å². The van der Waals surface area contributed by atoms with Crippen LogP contribution < -0.4 is 20.1 Å². The lowest BCUT2D eigenvalue weighted by molar-refractivity contribution is -0.143. The van der Waals surface area contributed by atoms with E-state index in [0.717, 1.165) is 5.56 Å². The molecule has 2 aromatic carbocycles. The maximum atomic E-state index is 12.9. The van der Waals surface area contributed by atoms with E-state index in [9.17, 15) is 18.0 Å². The van der Waals surface area contributed by atoms with Crippen LogP contribution in [0.3, 0.4) is 0 Å². The largest absolute Gasteiger partial charge is 0.466 e. The summed E-state index contributed by atoms with van der Waals surface area (Å²) in [5.74, 6) is -1.13. The normalized spacial score (nSPS) is 18.0. The first-order chi connectivity index (χ1) is 14.6. The predicted octanol–water partition coefficient (Wildman–Crippen LogP) is 1.79. The van der Waals surface area contributed by atoms with Gasteiger partial charge in [0.25, 0.3) is 17.4 Å². The number of hydrogen-bond donors (Lipinski definition) is 3. The van der Waals surface area contributed by atoms with Gasteiger partial charge in [0.1, 0.15) is 5.75 Å². The zero-order valence-corrected chi connectivity index (χ0v) is 18.3. The molecule has 2 aromatic rings. The van der Waals surface area contributed by atoms with Crippen molar-refractivity contribution in [3.05, 3.63) is 53.6 Å². The summed E-state index contributed by atoms with van der Waals surface area (Å²) in [6.07, 6.45) is 0. The van der Waals surface area contributed by atoms with Crippen LogP contribution in [-0.4, -0.2) is 46.1 Å². The van der Waals surface area contributed by atoms with Gasteiger partial charge in [-0.2, -0.15) is 0 Å². The molecule has 3 N–H and O–H groups in total. The van der Waals surface area contributed by atoms with Gasteiger partial charge in [0.2, 0.25) is 10.0 Å². The third-order valence-corrected chi connectivity index (χ3v) is 6.09. The average Bonchev–Trinajstić information content (AvgIpc) is 2.69. The van der Waals surface area contributed by atoms with E-state index in [1.54, 1.807) is 30.3 Å². The molecule has 0 radical (unpaired) electrons. The fraction of sp³-hybridized carbons (Fsp3) is 0.333. The summed E-state index contributed by atoms with van der Waals surface area (Å²) >= 11 is 0. The lowest BCUT2D eigenvalue weighted by Crippen LogP contribution is -2.56. The van der Waals surface area contributed by atoms with Crippen molar-refractivity contribution < 1.29 is 27.5 Å². The molecular formula is C21H25N3O6S. The highest BCUT2D eigenvalue weighted by atomic mass is 32.2. The number of methoxy groups -OCH3 is 1. The minimum atomic E-state index is -3.56. The molecule has 10 heteroatoms. The number of anilines is 2. The monoisotopic (exact) mass is 447 g/mol. The Morgan fingerprint density at radius 3 is 2.74 bits per heavy atom. The highest BCUT2D eigenvalue weighted by Gasteiger charge is 2.47. The van der Waals surface area contributed by atoms with Crippen LogP contribution >= 0.6 is 0 Å². The second kappa shape index (κ2) is 9.04. The van der Waals surface area contributed by atoms with Crippen LogP contribution in [-0.2, 0) is 30.1 Å². The van der Waals surface area contributed by atoms with E-state index in [1.807, 2.05) is 13.0 Å². The smallest absolute Gasteiger partial charge is 0.278 e. The number of fused-ring (bicyclic) bond motifs is 1. The number of rotatable bonds is 8. The molecule has 2 amide bonds. The summed E-state index contributed by atoms with van der Waals surface area (Å²) in [7, 11) is -2.08. The van der Waals surface area contributed by atoms with E-state index in [0.29, 0.717) is 22.7 Å². The van der Waals surface area contributed by atoms with Gasteiger partial charge in [-0.3, -0.25) is 9.59 Å². The molecular weight excluding hydrogens is 422 g/mol. The van der Waals surface area contributed by atoms with Crippen LogP contribution in [0.15, 0.2) is 42.5 Å². The SMILES string of the molecule is COCCNS(=O)(=O)Cc1cccc(NC(=O)C2(C)Oc3ccc(C)cc3NC2=O)c1. The molecule has 1 aliphatic rings. The number of hydrogen-bond acceptors (Lipinski definition) is 6. The van der Waals surface area contributed by atoms with Crippen LogP contribution in [0.4, 0.5) is 11.4 Å². The summed E-state index contributed by atoms with van der Waals surface area (Å²) in [5, 5.41) is 5.35. The number of sulfonamides is 1. The van der Waals surface area contributed by atoms with Crippen molar-refractivity contribution >= 4 is 33.2 Å². The molecule has 1 atom stereocenters. The van der Waals surface area contributed by atoms with Crippen molar-refractivity contribution in [1.82, 2.24) is 4.72 Å². The minimum Gasteiger partial charge on any atom is -0.466 e. The topological polar surface area (TPSA) is 123 Å². The number of ether oxygens (including phenoxy) is 2. The van der Waals surface area contributed by atoms with Crippen LogP contribution in [0.5, 0.6) is 5.75 Å². The van der Waals surface area contributed by atoms with Gasteiger partial charge >= 0.3 is 0 Å². The van der Waals surface area contributed by atoms with Crippen LogP contribution in [0.25, 0.3) is 0 Å². The summed E-state index contributed by atoms with van der Waals surface area (Å²) in [4.78, 5) is 25.5. The molecule has 1 aliphatic heterocycles. The van der Waals surface area contributed by atoms with Crippen molar-refractivity contribution in [2.45, 2.75) is 25.2 Å². The molecule has 0 aromatic heterocycles. The Morgan fingerprint density at radius 2 is 2.00 bits per heavy atom. The summed E-state index contributed by atoms with van der Waals surface area (Å²) < 4.78 is 37.3. The van der Waals surface area contributed by atoms with E-state index >= 15 is 0 Å². The summed E-state index contributed by atoms with van der Waals surface area (Å²) in [6, 6.07) is 11.7. The standard InChI is InChI=1S/C21H25N3O6S/c1-14-7-8-18-17(11-14)24-20(26)21(2,30-18)19(25)23-16-6-4-5-15(12-16)13-31(27,28)22-9-10-29-3/h4-8,11-12,22H,9-10,13H2,1-3H3,(H,23,25)(H,24,26). The van der Waals surface area contributed by atoms with Gasteiger partial charge in [0, 0.05) is 19.3 Å². The van der Waals surface area contributed by atoms with Gasteiger partial charge in [0.05, 0.1) is 18.0 Å². The van der Waals surface area contributed by atoms with E-state index in [2.05, 4.69) is 15.4 Å². The molecule has 31 heavy (non-hydrogen) atoms. The number of amides is 2. The zero-order valence-electron chi connectivity index (χ0n) is 17.5. The average molecular weight is 448 g/mol. The maximum Gasteiger partial charge on any atom is 0.278 e. The Hall–Kier alpha value is -2.95. The molecule has 166 valence electrons. The molecule has 0 fully saturated rings. The number of nitrogens with one attached hydrogen (secondary N) is 3. The van der Waals surface area contributed by atoms with Gasteiger partial charge < -0.3 is 20.1 Å². The Kier molecular flexibility index (Phi) is 6.63. The van der Waals surface area contributed by atoms with Crippen molar-refractivity contribution in [1.29, 1.82) is 0 Å². The predicted molar refractivity (Wildman–Crippen MR) is 116 cm³/mol. The lowest BCUT2D eigenvalue weighted by atomic mass is 10.0. The van der Waals surface area contributed by atoms with E-state index in [4.69, 9.17) is 9.47 Å². The lowest BCUT2D eigenvalue weighted by Gasteiger charge is -2.33. The molecule has 0 aliphatic carbocycles. The first kappa shape index (κ1) is 22.7. The Balaban J connectivity index is 1.72. The van der Waals surface area contributed by atoms with E-state index in [-0.39, 0.29) is 18.9 Å². The first-order valence-corrected chi connectivity index (χ1v) is 11.3. The van der Waals surface area contributed by atoms with Crippen LogP contribution in [0, 0.1) is 6.92 Å². The summed E-state index contributed by atoms with van der Waals surface area (Å²) in [6.45, 7) is 3.70. The molecule has 9 nitrogen and oxygen atoms in total. The number of carbonyl (C=O) groups is 2. The fourth-order valence-electron chi connectivity index (χ4n) is 3.05. The van der Waals surface area contributed by atoms with Crippen molar-refractivity contribution in [2.24, 2.45) is 0 Å². The highest BCUT2D eigenvalue weighted by Crippen LogP contribution is 2.34. The fourth-order valence-corrected chi connectivity index (χ4v) is 4.16. The molecule has 0 saturated carbocycles. The van der Waals surface area contributed by atoms with Crippen LogP contribution in [0.2, 0.25) is 0 Å². The van der Waals surface area contributed by atoms with E-state index < -0.39 is 27.4 Å². The molecule has 3 rings (SSSR count). The highest BCUT2D eigenvalue weighted by molar-refractivity contribution is 7.88. The van der Waals surface area contributed by atoms with E-state index in [1.165, 1.54) is 20.1 Å². The third kappa shape index (κ3) is 5.40. The molecule has 1 heterocycles. The number of carbonyl (C=O) groups excluding carboxylic acids is 2. The van der Waals surface area contributed by atoms with Gasteiger partial charge in [-0.25, -0.2) is 13.1 Å². The van der Waals surface area contributed by atoms with Crippen LogP contribution in [0.1, 0.15) is 18.1 Å². The summed E-state index contributed by atoms with van der Waals surface area (Å²) in [5.41, 5.74) is 0.485. The first-order valence-electron chi connectivity index (χ1n) is 9.61. The number of benzene rings is 2. The van der Waals surface area contributed by atoms with Gasteiger partial charge in [0.15, 0.2) is 0 Å². The van der Waals surface area contributed by atoms with Crippen molar-refractivity contribution in [3.8, 4) is 5.75 Å². The third-order valence-electron chi connectivity index (χ3n) is 4.73. The quantitative estimate of drug-likeness (QED) is 0.419. The maximum absolute atomic E-state index is 12.9. The zero-order chi connectivity index (χ0) is 22.6. The second-order valence-corrected chi connectivity index (χ2v) is 9.20. The number of aryl methyl sites for hydroxylation is 1. The van der Waals surface area contributed by atoms with Crippen molar-refractivity contribution in [2.75, 3.05) is 30.9 Å². The van der Waals surface area contributed by atoms with Crippen molar-refractivity contribution in [3.63, 3.8) is 0 Å². The van der Waals surface area contributed by atoms with Gasteiger partial charge in [-0.1, -0.05) is 18.2 Å². The molecule has 1 unspecified atom stereocenters. The van der Waals surface area contributed by atoms with Gasteiger partial charge in [-0.05, 0) is 49.2 Å². The Labute approximate surface area is 181 Å². The molecule has 0 bridgehead atoms. The molecule has 0 saturated heterocycles.